The number of hydrogen-bond donors (Lipinski definition) is 2. The van der Waals surface area contributed by atoms with Gasteiger partial charge in [0.05, 0.1) is 11.6 Å². The normalized spacial score (nSPS) is 18.6. The molecule has 2 rings (SSSR count). The van der Waals surface area contributed by atoms with Gasteiger partial charge in [-0.15, -0.1) is 0 Å². The van der Waals surface area contributed by atoms with Crippen molar-refractivity contribution in [2.75, 3.05) is 13.1 Å². The molecule has 6 heteroatoms. The van der Waals surface area contributed by atoms with E-state index in [1.165, 1.54) is 5.56 Å². The van der Waals surface area contributed by atoms with Crippen molar-refractivity contribution in [3.05, 3.63) is 17.0 Å². The molecule has 0 aromatic carbocycles. The quantitative estimate of drug-likeness (QED) is 0.811. The van der Waals surface area contributed by atoms with Crippen LogP contribution in [0.3, 0.4) is 0 Å². The van der Waals surface area contributed by atoms with Crippen molar-refractivity contribution >= 4 is 11.8 Å². The smallest absolute Gasteiger partial charge is 0.225 e. The summed E-state index contributed by atoms with van der Waals surface area (Å²) in [5.74, 6) is -0.160. The summed E-state index contributed by atoms with van der Waals surface area (Å²) in [5.41, 5.74) is 3.13. The molecule has 1 atom stereocenters. The first-order valence-corrected chi connectivity index (χ1v) is 8.28. The van der Waals surface area contributed by atoms with Crippen LogP contribution in [-0.2, 0) is 16.0 Å². The van der Waals surface area contributed by atoms with Gasteiger partial charge in [-0.3, -0.25) is 14.7 Å². The number of H-pyrrole nitrogens is 1. The predicted octanol–water partition coefficient (Wildman–Crippen LogP) is 1.72. The second-order valence-electron chi connectivity index (χ2n) is 7.38. The Morgan fingerprint density at radius 1 is 1.39 bits per heavy atom. The maximum atomic E-state index is 12.3. The van der Waals surface area contributed by atoms with Crippen LogP contribution < -0.4 is 5.32 Å². The van der Waals surface area contributed by atoms with Gasteiger partial charge in [-0.2, -0.15) is 5.10 Å². The van der Waals surface area contributed by atoms with E-state index in [-0.39, 0.29) is 23.3 Å². The lowest BCUT2D eigenvalue weighted by Crippen LogP contribution is -2.43. The first kappa shape index (κ1) is 17.5. The average molecular weight is 320 g/mol. The van der Waals surface area contributed by atoms with Gasteiger partial charge in [0.15, 0.2) is 0 Å². The Hall–Kier alpha value is -1.85. The minimum Gasteiger partial charge on any atom is -0.356 e. The summed E-state index contributed by atoms with van der Waals surface area (Å²) < 4.78 is 0. The van der Waals surface area contributed by atoms with E-state index >= 15 is 0 Å². The summed E-state index contributed by atoms with van der Waals surface area (Å²) in [6, 6.07) is 0. The lowest BCUT2D eigenvalue weighted by molar-refractivity contribution is -0.132. The molecule has 0 aliphatic carbocycles. The summed E-state index contributed by atoms with van der Waals surface area (Å²) >= 11 is 0. The number of rotatable bonds is 5. The topological polar surface area (TPSA) is 78.1 Å². The Balaban J connectivity index is 1.77. The first-order chi connectivity index (χ1) is 10.7. The molecule has 1 unspecified atom stereocenters. The highest BCUT2D eigenvalue weighted by Crippen LogP contribution is 2.25. The van der Waals surface area contributed by atoms with Crippen LogP contribution in [0, 0.1) is 19.8 Å². The summed E-state index contributed by atoms with van der Waals surface area (Å²) in [5, 5.41) is 10.1. The van der Waals surface area contributed by atoms with E-state index in [0.717, 1.165) is 24.2 Å². The van der Waals surface area contributed by atoms with Gasteiger partial charge in [-0.25, -0.2) is 0 Å². The zero-order valence-electron chi connectivity index (χ0n) is 14.8. The van der Waals surface area contributed by atoms with Crippen LogP contribution in [0.25, 0.3) is 0 Å². The number of carbonyl (C=O) groups is 2. The zero-order chi connectivity index (χ0) is 17.2. The van der Waals surface area contributed by atoms with Crippen molar-refractivity contribution in [2.24, 2.45) is 5.92 Å². The molecule has 0 saturated carbocycles. The van der Waals surface area contributed by atoms with Gasteiger partial charge in [0.2, 0.25) is 11.8 Å². The molecule has 128 valence electrons. The number of carbonyl (C=O) groups excluding carboxylic acids is 2. The lowest BCUT2D eigenvalue weighted by atomic mass is 10.1. The summed E-state index contributed by atoms with van der Waals surface area (Å²) in [4.78, 5) is 26.1. The van der Waals surface area contributed by atoms with Crippen LogP contribution in [0.4, 0.5) is 0 Å². The molecule has 1 aromatic heterocycles. The SMILES string of the molecule is Cc1n[nH]c(C)c1CCCNC(=O)C1CC(=O)N(C(C)(C)C)C1. The van der Waals surface area contributed by atoms with E-state index in [0.29, 0.717) is 19.5 Å². The Bertz CT molecular complexity index is 566. The molecule has 1 fully saturated rings. The molecule has 23 heavy (non-hydrogen) atoms. The third kappa shape index (κ3) is 4.12. The molecule has 1 aliphatic rings. The summed E-state index contributed by atoms with van der Waals surface area (Å²) in [6.07, 6.45) is 2.09. The number of likely N-dealkylation sites (tertiary alicyclic amines) is 1. The van der Waals surface area contributed by atoms with E-state index in [9.17, 15) is 9.59 Å². The Labute approximate surface area is 138 Å². The Morgan fingerprint density at radius 3 is 2.61 bits per heavy atom. The van der Waals surface area contributed by atoms with Crippen molar-refractivity contribution in [1.82, 2.24) is 20.4 Å². The Morgan fingerprint density at radius 2 is 2.09 bits per heavy atom. The fourth-order valence-electron chi connectivity index (χ4n) is 3.09. The second-order valence-corrected chi connectivity index (χ2v) is 7.38. The molecule has 1 saturated heterocycles. The van der Waals surface area contributed by atoms with Crippen LogP contribution in [-0.4, -0.2) is 45.5 Å². The van der Waals surface area contributed by atoms with Gasteiger partial charge in [-0.05, 0) is 53.0 Å². The largest absolute Gasteiger partial charge is 0.356 e. The molecule has 6 nitrogen and oxygen atoms in total. The predicted molar refractivity (Wildman–Crippen MR) is 89.0 cm³/mol. The highest BCUT2D eigenvalue weighted by atomic mass is 16.2. The highest BCUT2D eigenvalue weighted by molar-refractivity contribution is 5.89. The molecule has 2 amide bonds. The number of nitrogens with zero attached hydrogens (tertiary/aromatic N) is 2. The molecule has 1 aliphatic heterocycles. The minimum absolute atomic E-state index is 0.00858. The fraction of sp³-hybridized carbons (Fsp3) is 0.706. The number of nitrogens with one attached hydrogen (secondary N) is 2. The lowest BCUT2D eigenvalue weighted by Gasteiger charge is -2.31. The molecule has 0 spiro atoms. The van der Waals surface area contributed by atoms with Gasteiger partial charge in [-0.1, -0.05) is 0 Å². The van der Waals surface area contributed by atoms with Crippen LogP contribution in [0.5, 0.6) is 0 Å². The molecule has 0 radical (unpaired) electrons. The third-order valence-electron chi connectivity index (χ3n) is 4.49. The number of aryl methyl sites for hydroxylation is 2. The monoisotopic (exact) mass is 320 g/mol. The summed E-state index contributed by atoms with van der Waals surface area (Å²) in [7, 11) is 0. The second kappa shape index (κ2) is 6.72. The molecule has 1 aromatic rings. The Kier molecular flexibility index (Phi) is 5.12. The number of aromatic nitrogens is 2. The van der Waals surface area contributed by atoms with E-state index in [1.807, 2.05) is 34.6 Å². The van der Waals surface area contributed by atoms with Crippen molar-refractivity contribution in [2.45, 2.75) is 59.4 Å². The van der Waals surface area contributed by atoms with Gasteiger partial charge < -0.3 is 10.2 Å². The van der Waals surface area contributed by atoms with Gasteiger partial charge >= 0.3 is 0 Å². The number of hydrogen-bond acceptors (Lipinski definition) is 3. The molecule has 0 bridgehead atoms. The summed E-state index contributed by atoms with van der Waals surface area (Å²) in [6.45, 7) is 11.2. The highest BCUT2D eigenvalue weighted by Gasteiger charge is 2.39. The standard InChI is InChI=1S/C17H28N4O2/c1-11-14(12(2)20-19-11)7-6-8-18-16(23)13-9-15(22)21(10-13)17(3,4)5/h13H,6-10H2,1-5H3,(H,18,23)(H,19,20). The maximum Gasteiger partial charge on any atom is 0.225 e. The van der Waals surface area contributed by atoms with Crippen molar-refractivity contribution in [3.8, 4) is 0 Å². The van der Waals surface area contributed by atoms with Crippen molar-refractivity contribution < 1.29 is 9.59 Å². The van der Waals surface area contributed by atoms with Crippen LogP contribution in [0.2, 0.25) is 0 Å². The van der Waals surface area contributed by atoms with Gasteiger partial charge in [0.1, 0.15) is 0 Å². The zero-order valence-corrected chi connectivity index (χ0v) is 14.8. The van der Waals surface area contributed by atoms with Gasteiger partial charge in [0, 0.05) is 30.7 Å². The number of aromatic amines is 1. The van der Waals surface area contributed by atoms with Crippen LogP contribution in [0.15, 0.2) is 0 Å². The molecule has 2 N–H and O–H groups in total. The molecular weight excluding hydrogens is 292 g/mol. The van der Waals surface area contributed by atoms with E-state index in [2.05, 4.69) is 15.5 Å². The third-order valence-corrected chi connectivity index (χ3v) is 4.49. The fourth-order valence-corrected chi connectivity index (χ4v) is 3.09. The first-order valence-electron chi connectivity index (χ1n) is 8.28. The van der Waals surface area contributed by atoms with Crippen LogP contribution in [0.1, 0.15) is 50.6 Å². The average Bonchev–Trinajstić information content (AvgIpc) is 2.99. The number of amides is 2. The van der Waals surface area contributed by atoms with Crippen molar-refractivity contribution in [1.29, 1.82) is 0 Å². The van der Waals surface area contributed by atoms with Crippen LogP contribution >= 0.6 is 0 Å². The maximum absolute atomic E-state index is 12.3. The van der Waals surface area contributed by atoms with Gasteiger partial charge in [0.25, 0.3) is 0 Å². The van der Waals surface area contributed by atoms with E-state index < -0.39 is 0 Å². The van der Waals surface area contributed by atoms with E-state index in [4.69, 9.17) is 0 Å². The molecular formula is C17H28N4O2. The molecule has 2 heterocycles. The minimum atomic E-state index is -0.223. The van der Waals surface area contributed by atoms with E-state index in [1.54, 1.807) is 4.90 Å². The van der Waals surface area contributed by atoms with Crippen molar-refractivity contribution in [3.63, 3.8) is 0 Å².